The van der Waals surface area contributed by atoms with E-state index in [9.17, 15) is 0 Å². The average molecular weight is 300 g/mol. The zero-order chi connectivity index (χ0) is 10.7. The van der Waals surface area contributed by atoms with Crippen LogP contribution < -0.4 is 21.3 Å². The second-order valence-electron chi connectivity index (χ2n) is 1.84. The van der Waals surface area contributed by atoms with Gasteiger partial charge in [-0.3, -0.25) is 0 Å². The van der Waals surface area contributed by atoms with Gasteiger partial charge < -0.3 is 36.0 Å². The molecule has 0 bridgehead atoms. The van der Waals surface area contributed by atoms with Crippen LogP contribution in [-0.4, -0.2) is 43.3 Å². The smallest absolute Gasteiger partial charge is 0.0870 e. The van der Waals surface area contributed by atoms with Gasteiger partial charge in [-0.2, -0.15) is 0 Å². The molecule has 7 nitrogen and oxygen atoms in total. The Morgan fingerprint density at radius 1 is 1.21 bits per heavy atom. The van der Waals surface area contributed by atoms with Gasteiger partial charge >= 0.3 is 0 Å². The fourth-order valence-corrected chi connectivity index (χ4v) is 0.306. The fourth-order valence-electron chi connectivity index (χ4n) is 0.306. The van der Waals surface area contributed by atoms with Crippen LogP contribution in [0.25, 0.3) is 0 Å². The van der Waals surface area contributed by atoms with Crippen molar-refractivity contribution >= 4 is 11.9 Å². The number of carboxylic acid groups (broad SMARTS) is 2. The van der Waals surface area contributed by atoms with Crippen molar-refractivity contribution in [2.75, 3.05) is 26.2 Å². The van der Waals surface area contributed by atoms with Crippen molar-refractivity contribution in [2.45, 2.75) is 0 Å². The maximum absolute atomic E-state index is 8.93. The van der Waals surface area contributed by atoms with Crippen LogP contribution in [0.2, 0.25) is 0 Å². The maximum Gasteiger partial charge on any atom is 0.0870 e. The number of aliphatic hydroxyl groups excluding tert-OH is 1. The molecule has 0 aliphatic heterocycles. The SMILES string of the molecule is NCCNCCO.O=C([O-])C(=O)[O-].[Ag]. The van der Waals surface area contributed by atoms with Crippen LogP contribution in [0.1, 0.15) is 0 Å². The third-order valence-electron chi connectivity index (χ3n) is 0.776. The first-order valence-corrected chi connectivity index (χ1v) is 3.50. The van der Waals surface area contributed by atoms with Crippen LogP contribution in [0.15, 0.2) is 0 Å². The van der Waals surface area contributed by atoms with Crippen LogP contribution in [0, 0.1) is 0 Å². The molecule has 1 radical (unpaired) electrons. The number of nitrogens with two attached hydrogens (primary N) is 1. The number of nitrogens with one attached hydrogen (secondary N) is 1. The Morgan fingerprint density at radius 2 is 1.64 bits per heavy atom. The summed E-state index contributed by atoms with van der Waals surface area (Å²) in [5.41, 5.74) is 5.13. The molecule has 0 amide bonds. The minimum Gasteiger partial charge on any atom is -0.543 e. The molecule has 0 spiro atoms. The van der Waals surface area contributed by atoms with Gasteiger partial charge in [-0.25, -0.2) is 0 Å². The molecule has 0 saturated carbocycles. The quantitative estimate of drug-likeness (QED) is 0.268. The number of hydrogen-bond acceptors (Lipinski definition) is 7. The standard InChI is InChI=1S/C4H12N2O.C2H2O4.Ag/c5-1-2-6-3-4-7;3-1(4)2(5)6;/h6-7H,1-5H2;(H,3,4)(H,5,6);/p-2. The molecule has 0 fully saturated rings. The summed E-state index contributed by atoms with van der Waals surface area (Å²) in [5, 5.41) is 29.0. The zero-order valence-electron chi connectivity index (χ0n) is 7.29. The largest absolute Gasteiger partial charge is 0.543 e. The molecule has 0 aliphatic carbocycles. The summed E-state index contributed by atoms with van der Waals surface area (Å²) in [6, 6.07) is 0. The minimum absolute atomic E-state index is 0. The van der Waals surface area contributed by atoms with Gasteiger partial charge in [-0.15, -0.1) is 0 Å². The normalized spacial score (nSPS) is 7.86. The zero-order valence-corrected chi connectivity index (χ0v) is 8.77. The summed E-state index contributed by atoms with van der Waals surface area (Å²) in [4.78, 5) is 17.9. The van der Waals surface area contributed by atoms with E-state index in [0.29, 0.717) is 13.1 Å². The first-order chi connectivity index (χ1) is 6.06. The summed E-state index contributed by atoms with van der Waals surface area (Å²) in [5.74, 6) is -4.37. The van der Waals surface area contributed by atoms with E-state index in [-0.39, 0.29) is 29.0 Å². The number of carboxylic acids is 2. The van der Waals surface area contributed by atoms with Gasteiger partial charge in [0.1, 0.15) is 0 Å². The van der Waals surface area contributed by atoms with Crippen LogP contribution in [0.3, 0.4) is 0 Å². The maximum atomic E-state index is 8.93. The van der Waals surface area contributed by atoms with Crippen LogP contribution >= 0.6 is 0 Å². The van der Waals surface area contributed by atoms with E-state index < -0.39 is 11.9 Å². The van der Waals surface area contributed by atoms with E-state index in [1.54, 1.807) is 0 Å². The number of rotatable bonds is 4. The molecule has 0 rings (SSSR count). The summed E-state index contributed by atoms with van der Waals surface area (Å²) < 4.78 is 0. The predicted molar refractivity (Wildman–Crippen MR) is 39.0 cm³/mol. The molecular formula is C6H12AgN2O5-2. The van der Waals surface area contributed by atoms with Crippen molar-refractivity contribution < 1.29 is 47.3 Å². The molecular weight excluding hydrogens is 288 g/mol. The fraction of sp³-hybridized carbons (Fsp3) is 0.667. The van der Waals surface area contributed by atoms with Crippen molar-refractivity contribution in [1.29, 1.82) is 0 Å². The molecule has 4 N–H and O–H groups in total. The second kappa shape index (κ2) is 15.1. The average Bonchev–Trinajstić information content (AvgIpc) is 2.06. The number of hydrogen-bond donors (Lipinski definition) is 3. The molecule has 0 aromatic rings. The van der Waals surface area contributed by atoms with E-state index in [1.165, 1.54) is 0 Å². The molecule has 14 heavy (non-hydrogen) atoms. The Morgan fingerprint density at radius 3 is 1.86 bits per heavy atom. The Kier molecular flexibility index (Phi) is 20.6. The summed E-state index contributed by atoms with van der Waals surface area (Å²) in [6.07, 6.45) is 0. The van der Waals surface area contributed by atoms with Gasteiger partial charge in [0.05, 0.1) is 18.5 Å². The van der Waals surface area contributed by atoms with Gasteiger partial charge in [0, 0.05) is 42.0 Å². The molecule has 0 atom stereocenters. The van der Waals surface area contributed by atoms with E-state index >= 15 is 0 Å². The predicted octanol–water partition coefficient (Wildman–Crippen LogP) is -4.99. The molecule has 0 heterocycles. The third kappa shape index (κ3) is 22.6. The summed E-state index contributed by atoms with van der Waals surface area (Å²) in [7, 11) is 0. The number of aliphatic hydroxyl groups is 1. The van der Waals surface area contributed by atoms with Gasteiger partial charge in [0.15, 0.2) is 0 Å². The van der Waals surface area contributed by atoms with Crippen molar-refractivity contribution in [3.63, 3.8) is 0 Å². The van der Waals surface area contributed by atoms with Crippen LogP contribution in [0.5, 0.6) is 0 Å². The first kappa shape index (κ1) is 19.2. The molecule has 8 heteroatoms. The van der Waals surface area contributed by atoms with E-state index in [4.69, 9.17) is 30.6 Å². The van der Waals surface area contributed by atoms with Crippen LogP contribution in [0.4, 0.5) is 0 Å². The molecule has 0 aromatic carbocycles. The monoisotopic (exact) mass is 299 g/mol. The topological polar surface area (TPSA) is 139 Å². The minimum atomic E-state index is -2.19. The van der Waals surface area contributed by atoms with Crippen molar-refractivity contribution in [3.05, 3.63) is 0 Å². The van der Waals surface area contributed by atoms with Gasteiger partial charge in [-0.05, 0) is 0 Å². The molecule has 0 unspecified atom stereocenters. The van der Waals surface area contributed by atoms with Gasteiger partial charge in [0.2, 0.25) is 0 Å². The van der Waals surface area contributed by atoms with E-state index in [0.717, 1.165) is 6.54 Å². The Hall–Kier alpha value is -0.440. The van der Waals surface area contributed by atoms with E-state index in [2.05, 4.69) is 5.32 Å². The summed E-state index contributed by atoms with van der Waals surface area (Å²) in [6.45, 7) is 2.28. The molecule has 0 aromatic heterocycles. The third-order valence-corrected chi connectivity index (χ3v) is 0.776. The van der Waals surface area contributed by atoms with Gasteiger partial charge in [0.25, 0.3) is 0 Å². The Labute approximate surface area is 96.8 Å². The Bertz CT molecular complexity index is 139. The van der Waals surface area contributed by atoms with Crippen molar-refractivity contribution in [2.24, 2.45) is 5.73 Å². The molecule has 89 valence electrons. The molecule has 0 saturated heterocycles. The molecule has 0 aliphatic rings. The first-order valence-electron chi connectivity index (χ1n) is 3.50. The summed E-state index contributed by atoms with van der Waals surface area (Å²) >= 11 is 0. The number of carbonyl (C=O) groups is 2. The second-order valence-corrected chi connectivity index (χ2v) is 1.84. The van der Waals surface area contributed by atoms with Crippen molar-refractivity contribution in [1.82, 2.24) is 5.32 Å². The Balaban J connectivity index is -0.000000163. The van der Waals surface area contributed by atoms with Crippen LogP contribution in [-0.2, 0) is 32.0 Å². The number of carbonyl (C=O) groups excluding carboxylic acids is 2. The van der Waals surface area contributed by atoms with E-state index in [1.807, 2.05) is 0 Å². The number of aliphatic carboxylic acids is 2. The van der Waals surface area contributed by atoms with Gasteiger partial charge in [-0.1, -0.05) is 0 Å². The van der Waals surface area contributed by atoms with Crippen molar-refractivity contribution in [3.8, 4) is 0 Å².